The maximum absolute atomic E-state index is 11.7. The Bertz CT molecular complexity index is 574. The highest BCUT2D eigenvalue weighted by atomic mass is 127. The first-order valence-corrected chi connectivity index (χ1v) is 8.32. The number of likely N-dealkylation sites (N-methyl/N-ethyl adjacent to an activating group) is 1. The Hall–Kier alpha value is -1.51. The summed E-state index contributed by atoms with van der Waals surface area (Å²) in [5.41, 5.74) is 2.17. The van der Waals surface area contributed by atoms with E-state index in [2.05, 4.69) is 15.6 Å². The van der Waals surface area contributed by atoms with E-state index < -0.39 is 0 Å². The van der Waals surface area contributed by atoms with E-state index in [0.717, 1.165) is 23.4 Å². The van der Waals surface area contributed by atoms with Gasteiger partial charge in [-0.05, 0) is 39.3 Å². The molecular formula is C18H31IN4O2. The quantitative estimate of drug-likeness (QED) is 0.372. The molecule has 142 valence electrons. The minimum atomic E-state index is -0.000214. The van der Waals surface area contributed by atoms with Crippen LogP contribution in [0.5, 0.6) is 5.75 Å². The summed E-state index contributed by atoms with van der Waals surface area (Å²) in [6.07, 6.45) is 0.110. The molecule has 0 unspecified atom stereocenters. The molecule has 25 heavy (non-hydrogen) atoms. The molecule has 0 aromatic heterocycles. The predicted molar refractivity (Wildman–Crippen MR) is 114 cm³/mol. The van der Waals surface area contributed by atoms with Crippen molar-refractivity contribution in [2.24, 2.45) is 4.99 Å². The molecule has 0 aliphatic heterocycles. The zero-order valence-electron chi connectivity index (χ0n) is 16.0. The van der Waals surface area contributed by atoms with Crippen LogP contribution < -0.4 is 15.4 Å². The van der Waals surface area contributed by atoms with Gasteiger partial charge in [0.25, 0.3) is 0 Å². The molecule has 1 rings (SSSR count). The van der Waals surface area contributed by atoms with Crippen molar-refractivity contribution in [2.45, 2.75) is 40.3 Å². The van der Waals surface area contributed by atoms with Crippen LogP contribution in [-0.2, 0) is 11.3 Å². The maximum atomic E-state index is 11.7. The molecule has 0 atom stereocenters. The standard InChI is InChI=1S/C18H30N4O2.HI/c1-7-19-18(21-12-17(23)22(5)6)20-11-15-9-8-14(4)10-16(15)24-13(2)3;/h8-10,13H,7,11-12H2,1-6H3,(H2,19,20,21);1H. The number of hydrogen-bond donors (Lipinski definition) is 2. The minimum absolute atomic E-state index is 0. The van der Waals surface area contributed by atoms with Gasteiger partial charge in [0, 0.05) is 26.2 Å². The van der Waals surface area contributed by atoms with Gasteiger partial charge in [0.1, 0.15) is 5.75 Å². The number of carbonyl (C=O) groups is 1. The average Bonchev–Trinajstić information content (AvgIpc) is 2.50. The first-order valence-electron chi connectivity index (χ1n) is 8.32. The second kappa shape index (κ2) is 11.9. The van der Waals surface area contributed by atoms with Crippen LogP contribution in [0.1, 0.15) is 31.9 Å². The van der Waals surface area contributed by atoms with Gasteiger partial charge in [-0.1, -0.05) is 12.1 Å². The number of halogens is 1. The average molecular weight is 462 g/mol. The lowest BCUT2D eigenvalue weighted by molar-refractivity contribution is -0.127. The van der Waals surface area contributed by atoms with Crippen LogP contribution in [0.25, 0.3) is 0 Å². The van der Waals surface area contributed by atoms with Crippen molar-refractivity contribution in [1.29, 1.82) is 0 Å². The van der Waals surface area contributed by atoms with Gasteiger partial charge in [0.2, 0.25) is 5.91 Å². The Morgan fingerprint density at radius 1 is 1.28 bits per heavy atom. The normalized spacial score (nSPS) is 10.9. The molecule has 7 heteroatoms. The first kappa shape index (κ1) is 23.5. The molecule has 0 heterocycles. The number of benzene rings is 1. The summed E-state index contributed by atoms with van der Waals surface area (Å²) in [4.78, 5) is 17.8. The molecule has 2 N–H and O–H groups in total. The largest absolute Gasteiger partial charge is 0.491 e. The number of guanidine groups is 1. The molecule has 6 nitrogen and oxygen atoms in total. The number of rotatable bonds is 7. The van der Waals surface area contributed by atoms with Crippen LogP contribution in [-0.4, -0.2) is 50.1 Å². The summed E-state index contributed by atoms with van der Waals surface area (Å²) in [5, 5.41) is 6.20. The molecule has 0 aliphatic rings. The molecule has 1 aromatic rings. The number of aliphatic imine (C=N–C) groups is 1. The van der Waals surface area contributed by atoms with E-state index in [1.807, 2.05) is 45.9 Å². The van der Waals surface area contributed by atoms with Crippen LogP contribution in [0.15, 0.2) is 23.2 Å². The Morgan fingerprint density at radius 2 is 1.96 bits per heavy atom. The van der Waals surface area contributed by atoms with Crippen molar-refractivity contribution in [3.05, 3.63) is 29.3 Å². The van der Waals surface area contributed by atoms with Crippen molar-refractivity contribution in [3.63, 3.8) is 0 Å². The van der Waals surface area contributed by atoms with E-state index >= 15 is 0 Å². The third-order valence-electron chi connectivity index (χ3n) is 3.24. The number of ether oxygens (including phenoxy) is 1. The minimum Gasteiger partial charge on any atom is -0.491 e. The van der Waals surface area contributed by atoms with Crippen LogP contribution in [0, 0.1) is 6.92 Å². The van der Waals surface area contributed by atoms with Gasteiger partial charge in [-0.15, -0.1) is 24.0 Å². The van der Waals surface area contributed by atoms with E-state index in [0.29, 0.717) is 12.5 Å². The number of hydrogen-bond acceptors (Lipinski definition) is 3. The molecule has 0 spiro atoms. The highest BCUT2D eigenvalue weighted by Crippen LogP contribution is 2.22. The fourth-order valence-electron chi connectivity index (χ4n) is 1.98. The third kappa shape index (κ3) is 8.94. The summed E-state index contributed by atoms with van der Waals surface area (Å²) in [6, 6.07) is 6.11. The smallest absolute Gasteiger partial charge is 0.241 e. The molecule has 1 amide bonds. The number of amides is 1. The lowest BCUT2D eigenvalue weighted by atomic mass is 10.1. The topological polar surface area (TPSA) is 66.0 Å². The molecule has 0 bridgehead atoms. The zero-order chi connectivity index (χ0) is 18.1. The van der Waals surface area contributed by atoms with E-state index in [-0.39, 0.29) is 42.5 Å². The molecule has 1 aromatic carbocycles. The molecule has 0 fully saturated rings. The van der Waals surface area contributed by atoms with Crippen LogP contribution in [0.2, 0.25) is 0 Å². The zero-order valence-corrected chi connectivity index (χ0v) is 18.4. The fourth-order valence-corrected chi connectivity index (χ4v) is 1.98. The van der Waals surface area contributed by atoms with Crippen LogP contribution >= 0.6 is 24.0 Å². The first-order chi connectivity index (χ1) is 11.3. The summed E-state index contributed by atoms with van der Waals surface area (Å²) in [6.45, 7) is 9.46. The van der Waals surface area contributed by atoms with E-state index in [1.165, 1.54) is 0 Å². The van der Waals surface area contributed by atoms with Gasteiger partial charge in [-0.3, -0.25) is 4.79 Å². The summed E-state index contributed by atoms with van der Waals surface area (Å²) >= 11 is 0. The molecule has 0 radical (unpaired) electrons. The van der Waals surface area contributed by atoms with Crippen LogP contribution in [0.4, 0.5) is 0 Å². The monoisotopic (exact) mass is 462 g/mol. The summed E-state index contributed by atoms with van der Waals surface area (Å²) < 4.78 is 5.88. The van der Waals surface area contributed by atoms with E-state index in [9.17, 15) is 4.79 Å². The van der Waals surface area contributed by atoms with Crippen molar-refractivity contribution >= 4 is 35.8 Å². The van der Waals surface area contributed by atoms with Gasteiger partial charge in [-0.2, -0.15) is 0 Å². The Morgan fingerprint density at radius 3 is 2.52 bits per heavy atom. The Balaban J connectivity index is 0.00000576. The maximum Gasteiger partial charge on any atom is 0.241 e. The number of nitrogens with one attached hydrogen (secondary N) is 2. The Labute approximate surface area is 168 Å². The van der Waals surface area contributed by atoms with Crippen molar-refractivity contribution in [2.75, 3.05) is 27.2 Å². The summed E-state index contributed by atoms with van der Waals surface area (Å²) in [5.74, 6) is 1.47. The highest BCUT2D eigenvalue weighted by molar-refractivity contribution is 14.0. The van der Waals surface area contributed by atoms with Crippen LogP contribution in [0.3, 0.4) is 0 Å². The lowest BCUT2D eigenvalue weighted by Gasteiger charge is -2.16. The molecular weight excluding hydrogens is 431 g/mol. The SMILES string of the molecule is CCNC(=NCc1ccc(C)cc1OC(C)C)NCC(=O)N(C)C.I. The second-order valence-electron chi connectivity index (χ2n) is 6.11. The van der Waals surface area contributed by atoms with Gasteiger partial charge in [0.05, 0.1) is 19.2 Å². The van der Waals surface area contributed by atoms with Gasteiger partial charge < -0.3 is 20.3 Å². The molecule has 0 saturated carbocycles. The van der Waals surface area contributed by atoms with Crippen molar-refractivity contribution in [1.82, 2.24) is 15.5 Å². The van der Waals surface area contributed by atoms with Crippen molar-refractivity contribution in [3.8, 4) is 5.75 Å². The number of nitrogens with zero attached hydrogens (tertiary/aromatic N) is 2. The van der Waals surface area contributed by atoms with Crippen molar-refractivity contribution < 1.29 is 9.53 Å². The predicted octanol–water partition coefficient (Wildman–Crippen LogP) is 2.54. The highest BCUT2D eigenvalue weighted by Gasteiger charge is 2.08. The molecule has 0 saturated heterocycles. The second-order valence-corrected chi connectivity index (χ2v) is 6.11. The van der Waals surface area contributed by atoms with Gasteiger partial charge >= 0.3 is 0 Å². The van der Waals surface area contributed by atoms with Gasteiger partial charge in [0.15, 0.2) is 5.96 Å². The third-order valence-corrected chi connectivity index (χ3v) is 3.24. The number of carbonyl (C=O) groups excluding carboxylic acids is 1. The molecule has 0 aliphatic carbocycles. The Kier molecular flexibility index (Phi) is 11.2. The number of aryl methyl sites for hydroxylation is 1. The fraction of sp³-hybridized carbons (Fsp3) is 0.556. The lowest BCUT2D eigenvalue weighted by Crippen LogP contribution is -2.42. The van der Waals surface area contributed by atoms with E-state index in [4.69, 9.17) is 4.74 Å². The van der Waals surface area contributed by atoms with Gasteiger partial charge in [-0.25, -0.2) is 4.99 Å². The van der Waals surface area contributed by atoms with E-state index in [1.54, 1.807) is 19.0 Å². The summed E-state index contributed by atoms with van der Waals surface area (Å²) in [7, 11) is 3.46.